The van der Waals surface area contributed by atoms with E-state index in [0.717, 1.165) is 17.7 Å². The van der Waals surface area contributed by atoms with Crippen molar-refractivity contribution in [3.05, 3.63) is 47.5 Å². The third-order valence-corrected chi connectivity index (χ3v) is 3.90. The third kappa shape index (κ3) is 1.51. The molecule has 4 heteroatoms. The fourth-order valence-corrected chi connectivity index (χ4v) is 2.80. The van der Waals surface area contributed by atoms with Crippen LogP contribution >= 0.6 is 0 Å². The number of halogens is 3. The second kappa shape index (κ2) is 3.35. The molecule has 1 aromatic carbocycles. The van der Waals surface area contributed by atoms with E-state index >= 15 is 0 Å². The van der Waals surface area contributed by atoms with Crippen LogP contribution < -0.4 is 5.73 Å². The first kappa shape index (κ1) is 10.8. The summed E-state index contributed by atoms with van der Waals surface area (Å²) in [6.07, 6.45) is -0.0918. The molecule has 0 aromatic heterocycles. The summed E-state index contributed by atoms with van der Waals surface area (Å²) in [6.45, 7) is 0. The summed E-state index contributed by atoms with van der Waals surface area (Å²) in [4.78, 5) is 0. The Kier molecular flexibility index (Phi) is 2.14. The van der Waals surface area contributed by atoms with Crippen molar-refractivity contribution in [3.8, 4) is 0 Å². The smallest absolute Gasteiger partial charge is 0.327 e. The normalized spacial score (nSPS) is 34.8. The monoisotopic (exact) mass is 239 g/mol. The number of benzene rings is 1. The lowest BCUT2D eigenvalue weighted by Crippen LogP contribution is -2.56. The van der Waals surface area contributed by atoms with Crippen LogP contribution in [0, 0.1) is 11.8 Å². The molecule has 1 saturated carbocycles. The van der Waals surface area contributed by atoms with Gasteiger partial charge in [-0.05, 0) is 29.5 Å². The third-order valence-electron chi connectivity index (χ3n) is 3.90. The summed E-state index contributed by atoms with van der Waals surface area (Å²) in [5, 5.41) is 0. The highest BCUT2D eigenvalue weighted by molar-refractivity contribution is 5.37. The highest BCUT2D eigenvalue weighted by atomic mass is 19.4. The summed E-state index contributed by atoms with van der Waals surface area (Å²) in [7, 11) is 0. The summed E-state index contributed by atoms with van der Waals surface area (Å²) >= 11 is 0. The van der Waals surface area contributed by atoms with E-state index in [1.807, 2.05) is 0 Å². The van der Waals surface area contributed by atoms with Crippen LogP contribution in [0.2, 0.25) is 0 Å². The van der Waals surface area contributed by atoms with E-state index in [0.29, 0.717) is 11.8 Å². The lowest BCUT2D eigenvalue weighted by Gasteiger charge is -2.53. The molecule has 0 heterocycles. The van der Waals surface area contributed by atoms with Gasteiger partial charge in [0.15, 0.2) is 0 Å². The molecule has 2 N–H and O–H groups in total. The van der Waals surface area contributed by atoms with Crippen molar-refractivity contribution in [2.24, 2.45) is 17.6 Å². The number of allylic oxidation sites excluding steroid dienone is 1. The molecule has 1 fully saturated rings. The van der Waals surface area contributed by atoms with E-state index in [2.05, 4.69) is 12.2 Å². The zero-order valence-corrected chi connectivity index (χ0v) is 8.98. The zero-order chi connectivity index (χ0) is 12.2. The van der Waals surface area contributed by atoms with Crippen LogP contribution in [0.1, 0.15) is 17.0 Å². The lowest BCUT2D eigenvalue weighted by molar-refractivity contribution is -0.137. The minimum Gasteiger partial charge on any atom is -0.327 e. The van der Waals surface area contributed by atoms with E-state index in [-0.39, 0.29) is 12.0 Å². The van der Waals surface area contributed by atoms with Gasteiger partial charge in [-0.3, -0.25) is 0 Å². The predicted molar refractivity (Wildman–Crippen MR) is 58.3 cm³/mol. The van der Waals surface area contributed by atoms with Crippen molar-refractivity contribution >= 4 is 0 Å². The van der Waals surface area contributed by atoms with Gasteiger partial charge in [-0.15, -0.1) is 0 Å². The number of alkyl halides is 3. The summed E-state index contributed by atoms with van der Waals surface area (Å²) in [6, 6.07) is 5.43. The summed E-state index contributed by atoms with van der Waals surface area (Å²) in [5.41, 5.74) is 6.30. The molecule has 2 aliphatic rings. The fourth-order valence-electron chi connectivity index (χ4n) is 2.80. The second-order valence-electron chi connectivity index (χ2n) is 4.76. The van der Waals surface area contributed by atoms with Gasteiger partial charge in [0.2, 0.25) is 0 Å². The Morgan fingerprint density at radius 3 is 1.94 bits per heavy atom. The molecule has 1 nitrogen and oxygen atoms in total. The van der Waals surface area contributed by atoms with Crippen LogP contribution in [0.25, 0.3) is 0 Å². The Labute approximate surface area is 97.1 Å². The van der Waals surface area contributed by atoms with Crippen LogP contribution in [0.4, 0.5) is 13.2 Å². The number of fused-ring (bicyclic) bond motifs is 1. The van der Waals surface area contributed by atoms with Crippen LogP contribution in [-0.2, 0) is 6.18 Å². The van der Waals surface area contributed by atoms with Crippen molar-refractivity contribution in [2.45, 2.75) is 18.1 Å². The Morgan fingerprint density at radius 2 is 1.53 bits per heavy atom. The summed E-state index contributed by atoms with van der Waals surface area (Å²) < 4.78 is 37.2. The average molecular weight is 239 g/mol. The molecule has 0 spiro atoms. The van der Waals surface area contributed by atoms with E-state index in [1.54, 1.807) is 12.1 Å². The van der Waals surface area contributed by atoms with Gasteiger partial charge in [-0.25, -0.2) is 0 Å². The SMILES string of the molecule is N[C@@H]1C2C=CC2[C@H]1c1ccc(C(F)(F)F)cc1. The molecule has 3 rings (SSSR count). The van der Waals surface area contributed by atoms with Crippen LogP contribution in [0.15, 0.2) is 36.4 Å². The number of nitrogens with two attached hydrogens (primary N) is 1. The van der Waals surface area contributed by atoms with Crippen molar-refractivity contribution in [3.63, 3.8) is 0 Å². The molecule has 0 amide bonds. The van der Waals surface area contributed by atoms with E-state index < -0.39 is 11.7 Å². The number of rotatable bonds is 1. The summed E-state index contributed by atoms with van der Waals surface area (Å²) in [5.74, 6) is 1.05. The van der Waals surface area contributed by atoms with Gasteiger partial charge in [-0.2, -0.15) is 13.2 Å². The van der Waals surface area contributed by atoms with Gasteiger partial charge >= 0.3 is 6.18 Å². The topological polar surface area (TPSA) is 26.0 Å². The Bertz CT molecular complexity index is 461. The van der Waals surface area contributed by atoms with E-state index in [4.69, 9.17) is 5.73 Å². The van der Waals surface area contributed by atoms with Crippen molar-refractivity contribution in [1.29, 1.82) is 0 Å². The second-order valence-corrected chi connectivity index (χ2v) is 4.76. The lowest BCUT2D eigenvalue weighted by atomic mass is 9.53. The van der Waals surface area contributed by atoms with Crippen molar-refractivity contribution in [1.82, 2.24) is 0 Å². The molecule has 0 radical (unpaired) electrons. The first-order valence-corrected chi connectivity index (χ1v) is 5.59. The van der Waals surface area contributed by atoms with E-state index in [1.165, 1.54) is 0 Å². The first-order valence-electron chi connectivity index (χ1n) is 5.59. The fraction of sp³-hybridized carbons (Fsp3) is 0.385. The zero-order valence-electron chi connectivity index (χ0n) is 8.98. The first-order chi connectivity index (χ1) is 7.98. The molecular weight excluding hydrogens is 227 g/mol. The molecule has 2 aliphatic carbocycles. The Balaban J connectivity index is 1.84. The Morgan fingerprint density at radius 1 is 0.941 bits per heavy atom. The maximum atomic E-state index is 12.4. The van der Waals surface area contributed by atoms with Gasteiger partial charge in [0, 0.05) is 12.0 Å². The largest absolute Gasteiger partial charge is 0.416 e. The maximum absolute atomic E-state index is 12.4. The molecule has 0 saturated heterocycles. The van der Waals surface area contributed by atoms with Crippen LogP contribution in [0.5, 0.6) is 0 Å². The quantitative estimate of drug-likeness (QED) is 0.749. The highest BCUT2D eigenvalue weighted by Gasteiger charge is 2.50. The highest BCUT2D eigenvalue weighted by Crippen LogP contribution is 2.53. The molecule has 0 bridgehead atoms. The maximum Gasteiger partial charge on any atom is 0.416 e. The van der Waals surface area contributed by atoms with E-state index in [9.17, 15) is 13.2 Å². The molecule has 17 heavy (non-hydrogen) atoms. The standard InChI is InChI=1S/C13H12F3N/c14-13(15,16)8-3-1-7(2-4-8)11-9-5-6-10(9)12(11)17/h1-6,9-12H,17H2/t9?,10?,11-,12-/m1/s1. The molecule has 90 valence electrons. The minimum atomic E-state index is -4.26. The van der Waals surface area contributed by atoms with Gasteiger partial charge in [0.1, 0.15) is 0 Å². The number of hydrogen-bond acceptors (Lipinski definition) is 1. The molecular formula is C13H12F3N. The molecule has 0 aliphatic heterocycles. The molecule has 2 unspecified atom stereocenters. The van der Waals surface area contributed by atoms with Crippen LogP contribution in [-0.4, -0.2) is 6.04 Å². The van der Waals surface area contributed by atoms with Crippen LogP contribution in [0.3, 0.4) is 0 Å². The van der Waals surface area contributed by atoms with Crippen molar-refractivity contribution in [2.75, 3.05) is 0 Å². The van der Waals surface area contributed by atoms with Gasteiger partial charge in [0.25, 0.3) is 0 Å². The predicted octanol–water partition coefficient (Wildman–Crippen LogP) is 2.93. The average Bonchev–Trinajstić information content (AvgIpc) is 2.23. The Hall–Kier alpha value is -1.29. The van der Waals surface area contributed by atoms with Gasteiger partial charge < -0.3 is 5.73 Å². The van der Waals surface area contributed by atoms with Gasteiger partial charge in [-0.1, -0.05) is 24.3 Å². The molecule has 4 atom stereocenters. The minimum absolute atomic E-state index is 0.0572. The molecule has 1 aromatic rings. The number of hydrogen-bond donors (Lipinski definition) is 1. The van der Waals surface area contributed by atoms with Gasteiger partial charge in [0.05, 0.1) is 5.56 Å². The van der Waals surface area contributed by atoms with Crippen molar-refractivity contribution < 1.29 is 13.2 Å².